The summed E-state index contributed by atoms with van der Waals surface area (Å²) < 4.78 is 0. The predicted molar refractivity (Wildman–Crippen MR) is 74.7 cm³/mol. The SMILES string of the molecule is CCC(=O)Nc1ccc(CC)c(N[N+](=O)[O-])c1CC. The summed E-state index contributed by atoms with van der Waals surface area (Å²) in [7, 11) is 0. The van der Waals surface area contributed by atoms with Crippen LogP contribution < -0.4 is 10.7 Å². The van der Waals surface area contributed by atoms with Gasteiger partial charge >= 0.3 is 0 Å². The van der Waals surface area contributed by atoms with Crippen LogP contribution >= 0.6 is 0 Å². The van der Waals surface area contributed by atoms with Gasteiger partial charge in [0.25, 0.3) is 0 Å². The van der Waals surface area contributed by atoms with Gasteiger partial charge < -0.3 is 5.32 Å². The van der Waals surface area contributed by atoms with Crippen LogP contribution in [0.2, 0.25) is 0 Å². The van der Waals surface area contributed by atoms with E-state index in [0.29, 0.717) is 30.6 Å². The highest BCUT2D eigenvalue weighted by atomic mass is 16.7. The third kappa shape index (κ3) is 3.67. The molecule has 0 fully saturated rings. The summed E-state index contributed by atoms with van der Waals surface area (Å²) in [4.78, 5) is 22.2. The van der Waals surface area contributed by atoms with E-state index in [-0.39, 0.29) is 5.91 Å². The normalized spacial score (nSPS) is 10.1. The van der Waals surface area contributed by atoms with E-state index in [4.69, 9.17) is 0 Å². The van der Waals surface area contributed by atoms with E-state index in [1.165, 1.54) is 0 Å². The fraction of sp³-hybridized carbons (Fsp3) is 0.462. The number of nitrogens with one attached hydrogen (secondary N) is 2. The molecule has 104 valence electrons. The zero-order chi connectivity index (χ0) is 14.4. The van der Waals surface area contributed by atoms with Gasteiger partial charge in [0, 0.05) is 17.7 Å². The van der Waals surface area contributed by atoms with Crippen molar-refractivity contribution in [3.63, 3.8) is 0 Å². The fourth-order valence-corrected chi connectivity index (χ4v) is 1.94. The van der Waals surface area contributed by atoms with Crippen LogP contribution in [0.15, 0.2) is 12.1 Å². The summed E-state index contributed by atoms with van der Waals surface area (Å²) in [5.74, 6) is -0.106. The van der Waals surface area contributed by atoms with Gasteiger partial charge in [-0.3, -0.25) is 4.79 Å². The molecule has 0 aliphatic rings. The van der Waals surface area contributed by atoms with Crippen LogP contribution in [-0.4, -0.2) is 10.9 Å². The Labute approximate surface area is 112 Å². The van der Waals surface area contributed by atoms with E-state index >= 15 is 0 Å². The molecular formula is C13H19N3O3. The van der Waals surface area contributed by atoms with Gasteiger partial charge in [0.15, 0.2) is 5.03 Å². The summed E-state index contributed by atoms with van der Waals surface area (Å²) in [6, 6.07) is 3.60. The van der Waals surface area contributed by atoms with E-state index in [1.807, 2.05) is 13.8 Å². The molecule has 0 unspecified atom stereocenters. The molecule has 0 atom stereocenters. The number of benzene rings is 1. The molecular weight excluding hydrogens is 246 g/mol. The number of carbonyl (C=O) groups is 1. The molecule has 0 aliphatic carbocycles. The molecule has 0 heterocycles. The second-order valence-corrected chi connectivity index (χ2v) is 4.10. The minimum absolute atomic E-state index is 0.106. The van der Waals surface area contributed by atoms with Crippen molar-refractivity contribution in [2.75, 3.05) is 10.7 Å². The number of amides is 1. The lowest BCUT2D eigenvalue weighted by Crippen LogP contribution is -2.16. The van der Waals surface area contributed by atoms with E-state index in [2.05, 4.69) is 10.7 Å². The number of hydrogen-bond acceptors (Lipinski definition) is 3. The summed E-state index contributed by atoms with van der Waals surface area (Å²) in [5, 5.41) is 12.9. The van der Waals surface area contributed by atoms with Gasteiger partial charge in [-0.25, -0.2) is 10.1 Å². The summed E-state index contributed by atoms with van der Waals surface area (Å²) in [6.45, 7) is 5.60. The topological polar surface area (TPSA) is 84.3 Å². The Morgan fingerprint density at radius 3 is 2.42 bits per heavy atom. The Balaban J connectivity index is 3.26. The summed E-state index contributed by atoms with van der Waals surface area (Å²) in [6.07, 6.45) is 1.66. The second kappa shape index (κ2) is 6.72. The first-order valence-corrected chi connectivity index (χ1v) is 6.39. The Bertz CT molecular complexity index is 486. The van der Waals surface area contributed by atoms with E-state index in [0.717, 1.165) is 11.1 Å². The summed E-state index contributed by atoms with van der Waals surface area (Å²) in [5.41, 5.74) is 5.00. The zero-order valence-electron chi connectivity index (χ0n) is 11.4. The van der Waals surface area contributed by atoms with Crippen LogP contribution in [0.5, 0.6) is 0 Å². The van der Waals surface area contributed by atoms with Crippen molar-refractivity contribution in [3.8, 4) is 0 Å². The molecule has 1 rings (SSSR count). The molecule has 6 nitrogen and oxygen atoms in total. The minimum Gasteiger partial charge on any atom is -0.326 e. The maximum absolute atomic E-state index is 11.5. The third-order valence-electron chi connectivity index (χ3n) is 2.93. The van der Waals surface area contributed by atoms with Crippen molar-refractivity contribution in [2.45, 2.75) is 40.0 Å². The van der Waals surface area contributed by atoms with E-state index < -0.39 is 5.03 Å². The fourth-order valence-electron chi connectivity index (χ4n) is 1.94. The molecule has 0 aliphatic heterocycles. The van der Waals surface area contributed by atoms with Gasteiger partial charge in [0.05, 0.1) is 0 Å². The van der Waals surface area contributed by atoms with Crippen molar-refractivity contribution >= 4 is 17.3 Å². The maximum atomic E-state index is 11.5. The van der Waals surface area contributed by atoms with E-state index in [9.17, 15) is 14.9 Å². The second-order valence-electron chi connectivity index (χ2n) is 4.10. The van der Waals surface area contributed by atoms with Crippen molar-refractivity contribution < 1.29 is 9.83 Å². The number of nitrogens with zero attached hydrogens (tertiary/aromatic N) is 1. The third-order valence-corrected chi connectivity index (χ3v) is 2.93. The number of carbonyl (C=O) groups excluding carboxylic acids is 1. The molecule has 6 heteroatoms. The Morgan fingerprint density at radius 1 is 1.26 bits per heavy atom. The molecule has 0 saturated carbocycles. The lowest BCUT2D eigenvalue weighted by molar-refractivity contribution is -0.445. The molecule has 19 heavy (non-hydrogen) atoms. The number of anilines is 2. The molecule has 0 radical (unpaired) electrons. The first kappa shape index (κ1) is 14.9. The van der Waals surface area contributed by atoms with Crippen LogP contribution in [0.1, 0.15) is 38.3 Å². The summed E-state index contributed by atoms with van der Waals surface area (Å²) >= 11 is 0. The van der Waals surface area contributed by atoms with Crippen LogP contribution in [-0.2, 0) is 17.6 Å². The highest BCUT2D eigenvalue weighted by Crippen LogP contribution is 2.29. The molecule has 1 aromatic carbocycles. The highest BCUT2D eigenvalue weighted by Gasteiger charge is 2.15. The molecule has 1 amide bonds. The van der Waals surface area contributed by atoms with Crippen molar-refractivity contribution in [3.05, 3.63) is 33.4 Å². The maximum Gasteiger partial charge on any atom is 0.224 e. The van der Waals surface area contributed by atoms with Gasteiger partial charge in [-0.1, -0.05) is 26.8 Å². The first-order chi connectivity index (χ1) is 9.03. The van der Waals surface area contributed by atoms with Crippen LogP contribution in [0.4, 0.5) is 11.4 Å². The Hall–Kier alpha value is -2.11. The van der Waals surface area contributed by atoms with E-state index in [1.54, 1.807) is 19.1 Å². The average molecular weight is 265 g/mol. The highest BCUT2D eigenvalue weighted by molar-refractivity contribution is 5.92. The quantitative estimate of drug-likeness (QED) is 0.612. The van der Waals surface area contributed by atoms with Gasteiger partial charge in [0.1, 0.15) is 5.69 Å². The molecule has 0 saturated heterocycles. The first-order valence-electron chi connectivity index (χ1n) is 6.39. The molecule has 2 N–H and O–H groups in total. The Morgan fingerprint density at radius 2 is 1.95 bits per heavy atom. The van der Waals surface area contributed by atoms with Gasteiger partial charge in [-0.05, 0) is 24.5 Å². The molecule has 1 aromatic rings. The lowest BCUT2D eigenvalue weighted by atomic mass is 10.0. The number of nitro groups is 1. The van der Waals surface area contributed by atoms with Gasteiger partial charge in [-0.2, -0.15) is 0 Å². The van der Waals surface area contributed by atoms with Crippen molar-refractivity contribution in [2.24, 2.45) is 0 Å². The van der Waals surface area contributed by atoms with Gasteiger partial charge in [0.2, 0.25) is 5.91 Å². The largest absolute Gasteiger partial charge is 0.326 e. The van der Waals surface area contributed by atoms with Crippen molar-refractivity contribution in [1.82, 2.24) is 0 Å². The average Bonchev–Trinajstić information content (AvgIpc) is 2.38. The smallest absolute Gasteiger partial charge is 0.224 e. The number of rotatable bonds is 6. The lowest BCUT2D eigenvalue weighted by Gasteiger charge is -2.15. The predicted octanol–water partition coefficient (Wildman–Crippen LogP) is 2.76. The molecule has 0 bridgehead atoms. The van der Waals surface area contributed by atoms with Crippen molar-refractivity contribution in [1.29, 1.82) is 0 Å². The van der Waals surface area contributed by atoms with Crippen LogP contribution in [0, 0.1) is 10.1 Å². The van der Waals surface area contributed by atoms with Gasteiger partial charge in [-0.15, -0.1) is 5.43 Å². The molecule has 0 spiro atoms. The monoisotopic (exact) mass is 265 g/mol. The standard InChI is InChI=1S/C13H19N3O3/c1-4-9-7-8-11(14-12(17)6-3)10(5-2)13(9)15-16(18)19/h7-8,15H,4-6H2,1-3H3,(H,14,17). The van der Waals surface area contributed by atoms with Crippen LogP contribution in [0.25, 0.3) is 0 Å². The Kier molecular flexibility index (Phi) is 5.29. The number of hydrazine groups is 1. The van der Waals surface area contributed by atoms with Crippen LogP contribution in [0.3, 0.4) is 0 Å². The zero-order valence-corrected chi connectivity index (χ0v) is 11.4. The number of hydrogen-bond donors (Lipinski definition) is 2. The molecule has 0 aromatic heterocycles. The number of aryl methyl sites for hydroxylation is 1. The minimum atomic E-state index is -0.570.